The summed E-state index contributed by atoms with van der Waals surface area (Å²) < 4.78 is 0. The van der Waals surface area contributed by atoms with Gasteiger partial charge < -0.3 is 5.32 Å². The van der Waals surface area contributed by atoms with Crippen molar-refractivity contribution in [2.45, 2.75) is 40.7 Å². The molecule has 0 amide bonds. The highest BCUT2D eigenvalue weighted by Gasteiger charge is 2.20. The van der Waals surface area contributed by atoms with Gasteiger partial charge in [0.05, 0.1) is 11.3 Å². The molecular formula is C14H20N2. The summed E-state index contributed by atoms with van der Waals surface area (Å²) >= 11 is 0. The van der Waals surface area contributed by atoms with Crippen LogP contribution in [0.4, 0.5) is 5.69 Å². The molecule has 0 aliphatic carbocycles. The summed E-state index contributed by atoms with van der Waals surface area (Å²) in [5.41, 5.74) is 2.99. The van der Waals surface area contributed by atoms with Gasteiger partial charge in [-0.3, -0.25) is 0 Å². The molecule has 86 valence electrons. The largest absolute Gasteiger partial charge is 0.381 e. The smallest absolute Gasteiger partial charge is 0.101 e. The molecular weight excluding hydrogens is 196 g/mol. The summed E-state index contributed by atoms with van der Waals surface area (Å²) in [6.45, 7) is 10.7. The van der Waals surface area contributed by atoms with Crippen LogP contribution in [0.25, 0.3) is 0 Å². The topological polar surface area (TPSA) is 35.8 Å². The van der Waals surface area contributed by atoms with E-state index in [9.17, 15) is 0 Å². The fourth-order valence-electron chi connectivity index (χ4n) is 1.32. The van der Waals surface area contributed by atoms with E-state index in [1.165, 1.54) is 5.56 Å². The maximum absolute atomic E-state index is 9.04. The van der Waals surface area contributed by atoms with Crippen molar-refractivity contribution in [2.75, 3.05) is 5.32 Å². The molecule has 1 atom stereocenters. The van der Waals surface area contributed by atoms with Crippen LogP contribution in [0.2, 0.25) is 0 Å². The van der Waals surface area contributed by atoms with Crippen LogP contribution < -0.4 is 5.32 Å². The van der Waals surface area contributed by atoms with Gasteiger partial charge in [0.2, 0.25) is 0 Å². The average Bonchev–Trinajstić information content (AvgIpc) is 2.16. The first kappa shape index (κ1) is 12.6. The molecule has 2 heteroatoms. The van der Waals surface area contributed by atoms with Crippen molar-refractivity contribution in [3.05, 3.63) is 29.3 Å². The number of aryl methyl sites for hydroxylation is 1. The van der Waals surface area contributed by atoms with Gasteiger partial charge >= 0.3 is 0 Å². The second kappa shape index (κ2) is 4.57. The van der Waals surface area contributed by atoms with Crippen molar-refractivity contribution in [2.24, 2.45) is 5.41 Å². The van der Waals surface area contributed by atoms with E-state index in [4.69, 9.17) is 5.26 Å². The lowest BCUT2D eigenvalue weighted by atomic mass is 9.87. The van der Waals surface area contributed by atoms with Crippen LogP contribution in [0.15, 0.2) is 18.2 Å². The summed E-state index contributed by atoms with van der Waals surface area (Å²) in [5.74, 6) is 0. The molecule has 0 saturated carbocycles. The van der Waals surface area contributed by atoms with Gasteiger partial charge in [-0.05, 0) is 37.0 Å². The van der Waals surface area contributed by atoms with Crippen LogP contribution in [0.1, 0.15) is 38.8 Å². The molecule has 1 aromatic carbocycles. The minimum absolute atomic E-state index is 0.177. The number of nitrogens with zero attached hydrogens (tertiary/aromatic N) is 1. The number of hydrogen-bond donors (Lipinski definition) is 1. The predicted octanol–water partition coefficient (Wildman–Crippen LogP) is 3.71. The Hall–Kier alpha value is -1.49. The molecule has 0 fully saturated rings. The van der Waals surface area contributed by atoms with Gasteiger partial charge in [-0.25, -0.2) is 0 Å². The van der Waals surface area contributed by atoms with Gasteiger partial charge in [-0.15, -0.1) is 0 Å². The highest BCUT2D eigenvalue weighted by Crippen LogP contribution is 2.25. The van der Waals surface area contributed by atoms with Crippen molar-refractivity contribution < 1.29 is 0 Å². The molecule has 0 aromatic heterocycles. The van der Waals surface area contributed by atoms with Crippen molar-refractivity contribution in [3.63, 3.8) is 0 Å². The Morgan fingerprint density at radius 3 is 2.44 bits per heavy atom. The number of rotatable bonds is 2. The molecule has 0 radical (unpaired) electrons. The lowest BCUT2D eigenvalue weighted by Gasteiger charge is -2.29. The lowest BCUT2D eigenvalue weighted by molar-refractivity contribution is 0.359. The number of nitrogens with one attached hydrogen (secondary N) is 1. The minimum Gasteiger partial charge on any atom is -0.381 e. The Balaban J connectivity index is 2.97. The first-order valence-electron chi connectivity index (χ1n) is 5.62. The molecule has 0 saturated heterocycles. The highest BCUT2D eigenvalue weighted by atomic mass is 14.9. The van der Waals surface area contributed by atoms with Crippen molar-refractivity contribution >= 4 is 5.69 Å². The van der Waals surface area contributed by atoms with Crippen molar-refractivity contribution in [1.82, 2.24) is 0 Å². The molecule has 0 aliphatic rings. The normalized spacial score (nSPS) is 13.0. The molecule has 0 bridgehead atoms. The van der Waals surface area contributed by atoms with Crippen LogP contribution in [0.3, 0.4) is 0 Å². The van der Waals surface area contributed by atoms with Gasteiger partial charge in [-0.2, -0.15) is 5.26 Å². The van der Waals surface area contributed by atoms with Gasteiger partial charge in [0, 0.05) is 6.04 Å². The maximum Gasteiger partial charge on any atom is 0.101 e. The molecule has 0 heterocycles. The first-order valence-corrected chi connectivity index (χ1v) is 5.62. The van der Waals surface area contributed by atoms with Gasteiger partial charge in [0.25, 0.3) is 0 Å². The third-order valence-corrected chi connectivity index (χ3v) is 2.97. The van der Waals surface area contributed by atoms with E-state index in [0.29, 0.717) is 11.6 Å². The number of anilines is 1. The van der Waals surface area contributed by atoms with Crippen LogP contribution in [0, 0.1) is 23.7 Å². The molecule has 1 rings (SSSR count). The Kier molecular flexibility index (Phi) is 3.59. The number of nitriles is 1. The Morgan fingerprint density at radius 2 is 1.94 bits per heavy atom. The minimum atomic E-state index is 0.177. The maximum atomic E-state index is 9.04. The second-order valence-corrected chi connectivity index (χ2v) is 5.39. The number of benzene rings is 1. The highest BCUT2D eigenvalue weighted by molar-refractivity contribution is 5.59. The zero-order chi connectivity index (χ0) is 12.3. The predicted molar refractivity (Wildman–Crippen MR) is 68.4 cm³/mol. The Bertz CT molecular complexity index is 408. The molecule has 2 nitrogen and oxygen atoms in total. The zero-order valence-electron chi connectivity index (χ0n) is 10.8. The lowest BCUT2D eigenvalue weighted by Crippen LogP contribution is -2.31. The van der Waals surface area contributed by atoms with E-state index in [0.717, 1.165) is 5.69 Å². The van der Waals surface area contributed by atoms with Crippen LogP contribution in [-0.4, -0.2) is 6.04 Å². The van der Waals surface area contributed by atoms with E-state index >= 15 is 0 Å². The average molecular weight is 216 g/mol. The molecule has 0 spiro atoms. The van der Waals surface area contributed by atoms with Crippen molar-refractivity contribution in [3.8, 4) is 6.07 Å². The van der Waals surface area contributed by atoms with Crippen LogP contribution >= 0.6 is 0 Å². The van der Waals surface area contributed by atoms with Gasteiger partial charge in [0.1, 0.15) is 6.07 Å². The van der Waals surface area contributed by atoms with Crippen LogP contribution in [-0.2, 0) is 0 Å². The fraction of sp³-hybridized carbons (Fsp3) is 0.500. The number of hydrogen-bond acceptors (Lipinski definition) is 2. The van der Waals surface area contributed by atoms with E-state index in [1.807, 2.05) is 25.1 Å². The third kappa shape index (κ3) is 3.00. The van der Waals surface area contributed by atoms with Crippen molar-refractivity contribution in [1.29, 1.82) is 5.26 Å². The summed E-state index contributed by atoms with van der Waals surface area (Å²) in [6.07, 6.45) is 0. The van der Waals surface area contributed by atoms with E-state index < -0.39 is 0 Å². The van der Waals surface area contributed by atoms with E-state index in [1.54, 1.807) is 0 Å². The molecule has 0 aliphatic heterocycles. The molecule has 16 heavy (non-hydrogen) atoms. The zero-order valence-corrected chi connectivity index (χ0v) is 10.8. The fourth-order valence-corrected chi connectivity index (χ4v) is 1.32. The summed E-state index contributed by atoms with van der Waals surface area (Å²) in [7, 11) is 0. The molecule has 1 unspecified atom stereocenters. The molecule has 1 aromatic rings. The van der Waals surface area contributed by atoms with E-state index in [2.05, 4.69) is 39.1 Å². The Morgan fingerprint density at radius 1 is 1.31 bits per heavy atom. The quantitative estimate of drug-likeness (QED) is 0.818. The first-order chi connectivity index (χ1) is 7.34. The van der Waals surface area contributed by atoms with Crippen LogP contribution in [0.5, 0.6) is 0 Å². The van der Waals surface area contributed by atoms with E-state index in [-0.39, 0.29) is 5.41 Å². The summed E-state index contributed by atoms with van der Waals surface area (Å²) in [4.78, 5) is 0. The Labute approximate surface area is 98.3 Å². The summed E-state index contributed by atoms with van der Waals surface area (Å²) in [5, 5.41) is 12.5. The molecule has 1 N–H and O–H groups in total. The third-order valence-electron chi connectivity index (χ3n) is 2.97. The van der Waals surface area contributed by atoms with Gasteiger partial charge in [-0.1, -0.05) is 26.8 Å². The second-order valence-electron chi connectivity index (χ2n) is 5.39. The van der Waals surface area contributed by atoms with Gasteiger partial charge in [0.15, 0.2) is 0 Å². The SMILES string of the molecule is Cc1ccc(C#N)c(NC(C)C(C)(C)C)c1. The standard InChI is InChI=1S/C14H20N2/c1-10-6-7-12(9-15)13(8-10)16-11(2)14(3,4)5/h6-8,11,16H,1-5H3. The monoisotopic (exact) mass is 216 g/mol. The summed E-state index contributed by atoms with van der Waals surface area (Å²) in [6, 6.07) is 8.40.